The summed E-state index contributed by atoms with van der Waals surface area (Å²) in [4.78, 5) is 45.7. The molecular weight excluding hydrogens is 615 g/mol. The van der Waals surface area contributed by atoms with E-state index in [0.717, 1.165) is 23.4 Å². The summed E-state index contributed by atoms with van der Waals surface area (Å²) in [6.07, 6.45) is 0.484. The summed E-state index contributed by atoms with van der Waals surface area (Å²) < 4.78 is 1.85. The Morgan fingerprint density at radius 3 is 2.71 bits per heavy atom. The summed E-state index contributed by atoms with van der Waals surface area (Å²) >= 11 is 8.69. The molecule has 2 aromatic rings. The lowest BCUT2D eigenvalue weighted by Crippen LogP contribution is -2.54. The molecule has 2 amide bonds. The van der Waals surface area contributed by atoms with Crippen molar-refractivity contribution in [3.05, 3.63) is 72.7 Å². The Balaban J connectivity index is 1.50. The number of hydrogen-bond acceptors (Lipinski definition) is 6. The lowest BCUT2D eigenvalue weighted by atomic mass is 10.1. The number of β-lactam (4-membered cyclic amide) rings is 1. The smallest absolute Gasteiger partial charge is 0.334 e. The van der Waals surface area contributed by atoms with Crippen LogP contribution in [-0.2, 0) is 25.6 Å². The van der Waals surface area contributed by atoms with Crippen LogP contribution >= 0.6 is 62.0 Å². The zero-order chi connectivity index (χ0) is 22.0. The Morgan fingerprint density at radius 2 is 1.97 bits per heavy atom. The molecule has 6 nitrogen and oxygen atoms in total. The predicted octanol–water partition coefficient (Wildman–Crippen LogP) is 4.48. The number of benzene rings is 2. The minimum atomic E-state index is -0.732. The van der Waals surface area contributed by atoms with Crippen molar-refractivity contribution in [1.29, 1.82) is 0 Å². The van der Waals surface area contributed by atoms with E-state index < -0.39 is 11.9 Å². The maximum Gasteiger partial charge on any atom is 0.380 e. The molecular formula is C21H16BrIN2O4S2. The first-order valence-electron chi connectivity index (χ1n) is 9.26. The molecule has 2 aliphatic rings. The number of hydroxylamine groups is 1. The minimum absolute atomic E-state index is 0.0692. The molecule has 1 atom stereocenters. The van der Waals surface area contributed by atoms with Crippen LogP contribution in [0.25, 0.3) is 0 Å². The van der Waals surface area contributed by atoms with Gasteiger partial charge in [-0.25, -0.2) is 4.79 Å². The monoisotopic (exact) mass is 630 g/mol. The van der Waals surface area contributed by atoms with Crippen LogP contribution < -0.4 is 5.48 Å². The van der Waals surface area contributed by atoms with Crippen LogP contribution in [0.3, 0.4) is 0 Å². The van der Waals surface area contributed by atoms with Gasteiger partial charge >= 0.3 is 5.97 Å². The molecule has 10 heteroatoms. The fourth-order valence-electron chi connectivity index (χ4n) is 3.12. The Hall–Kier alpha value is -1.50. The van der Waals surface area contributed by atoms with Crippen LogP contribution in [-0.4, -0.2) is 33.8 Å². The number of nitrogens with one attached hydrogen (secondary N) is 1. The summed E-state index contributed by atoms with van der Waals surface area (Å²) in [5, 5.41) is -0.0692. The third kappa shape index (κ3) is 5.12. The molecule has 0 aromatic heterocycles. The fourth-order valence-corrected chi connectivity index (χ4v) is 6.63. The lowest BCUT2D eigenvalue weighted by Gasteiger charge is -2.44. The maximum atomic E-state index is 12.9. The molecule has 2 heterocycles. The van der Waals surface area contributed by atoms with Crippen molar-refractivity contribution in [2.75, 3.05) is 5.75 Å². The maximum absolute atomic E-state index is 12.9. The highest BCUT2D eigenvalue weighted by atomic mass is 127. The number of carbonyl (C=O) groups excluding carboxylic acids is 3. The summed E-state index contributed by atoms with van der Waals surface area (Å²) in [6, 6.07) is 15.2. The number of nitrogens with zero attached hydrogens (tertiary/aromatic N) is 1. The molecule has 0 bridgehead atoms. The zero-order valence-corrected chi connectivity index (χ0v) is 21.3. The third-order valence-electron chi connectivity index (χ3n) is 4.65. The largest absolute Gasteiger partial charge is 0.380 e. The molecule has 0 radical (unpaired) electrons. The summed E-state index contributed by atoms with van der Waals surface area (Å²) in [5.41, 5.74) is 3.28. The Morgan fingerprint density at radius 1 is 1.23 bits per heavy atom. The van der Waals surface area contributed by atoms with Crippen molar-refractivity contribution in [1.82, 2.24) is 10.4 Å². The molecule has 0 saturated carbocycles. The van der Waals surface area contributed by atoms with Crippen molar-refractivity contribution >= 4 is 79.8 Å². The molecule has 0 unspecified atom stereocenters. The van der Waals surface area contributed by atoms with E-state index in [4.69, 9.17) is 4.84 Å². The van der Waals surface area contributed by atoms with Crippen LogP contribution in [0.15, 0.2) is 68.5 Å². The van der Waals surface area contributed by atoms with Gasteiger partial charge in [0.25, 0.3) is 5.91 Å². The normalized spacial score (nSPS) is 17.7. The second-order valence-corrected chi connectivity index (χ2v) is 11.0. The highest BCUT2D eigenvalue weighted by Crippen LogP contribution is 2.46. The van der Waals surface area contributed by atoms with Crippen molar-refractivity contribution in [2.45, 2.75) is 23.1 Å². The van der Waals surface area contributed by atoms with Gasteiger partial charge < -0.3 is 4.84 Å². The van der Waals surface area contributed by atoms with E-state index in [-0.39, 0.29) is 23.4 Å². The first kappa shape index (κ1) is 22.7. The molecule has 0 aliphatic carbocycles. The quantitative estimate of drug-likeness (QED) is 0.298. The molecule has 0 spiro atoms. The van der Waals surface area contributed by atoms with Gasteiger partial charge in [0.15, 0.2) is 0 Å². The van der Waals surface area contributed by atoms with Crippen molar-refractivity contribution in [3.8, 4) is 0 Å². The number of amides is 2. The Labute approximate surface area is 209 Å². The number of thioether (sulfide) groups is 2. The summed E-state index contributed by atoms with van der Waals surface area (Å²) in [7, 11) is 0. The molecule has 1 N–H and O–H groups in total. The minimum Gasteiger partial charge on any atom is -0.334 e. The van der Waals surface area contributed by atoms with Crippen LogP contribution in [0, 0.1) is 3.57 Å². The van der Waals surface area contributed by atoms with E-state index in [2.05, 4.69) is 44.0 Å². The second-order valence-electron chi connectivity index (χ2n) is 6.72. The first-order valence-corrected chi connectivity index (χ1v) is 13.0. The third-order valence-corrected chi connectivity index (χ3v) is 9.21. The molecule has 31 heavy (non-hydrogen) atoms. The number of rotatable bonds is 5. The van der Waals surface area contributed by atoms with Gasteiger partial charge in [-0.1, -0.05) is 42.1 Å². The molecule has 2 aliphatic heterocycles. The van der Waals surface area contributed by atoms with E-state index in [1.54, 1.807) is 11.8 Å². The van der Waals surface area contributed by atoms with Crippen LogP contribution in [0.1, 0.15) is 12.0 Å². The van der Waals surface area contributed by atoms with Gasteiger partial charge in [0.2, 0.25) is 5.91 Å². The molecule has 1 fully saturated rings. The second kappa shape index (κ2) is 9.97. The van der Waals surface area contributed by atoms with Crippen molar-refractivity contribution in [3.63, 3.8) is 0 Å². The predicted molar refractivity (Wildman–Crippen MR) is 132 cm³/mol. The van der Waals surface area contributed by atoms with E-state index in [9.17, 15) is 14.4 Å². The van der Waals surface area contributed by atoms with E-state index in [1.807, 2.05) is 48.5 Å². The zero-order valence-electron chi connectivity index (χ0n) is 16.0. The fraction of sp³-hybridized carbons (Fsp3) is 0.190. The van der Waals surface area contributed by atoms with Gasteiger partial charge in [-0.3, -0.25) is 14.5 Å². The summed E-state index contributed by atoms with van der Waals surface area (Å²) in [5.74, 6) is -0.709. The molecule has 2 aromatic carbocycles. The van der Waals surface area contributed by atoms with Gasteiger partial charge in [0.1, 0.15) is 5.70 Å². The van der Waals surface area contributed by atoms with Crippen molar-refractivity contribution in [2.24, 2.45) is 0 Å². The number of hydrogen-bond donors (Lipinski definition) is 1. The standard InChI is InChI=1S/C21H16BrIN2O4S2/c22-13-6-2-4-8-15(13)31-16-11-30-19-10-18(27)25(19)20(16)21(28)29-24-17(26)9-12-5-1-3-7-14(12)23/h1-8,19H,9-11H2,(H,24,26)/t19-/m0/s1. The van der Waals surface area contributed by atoms with Crippen LogP contribution in [0.5, 0.6) is 0 Å². The molecule has 160 valence electrons. The van der Waals surface area contributed by atoms with E-state index in [0.29, 0.717) is 12.2 Å². The topological polar surface area (TPSA) is 75.7 Å². The average molecular weight is 631 g/mol. The Bertz CT molecular complexity index is 1090. The van der Waals surface area contributed by atoms with E-state index >= 15 is 0 Å². The first-order chi connectivity index (χ1) is 14.9. The SMILES string of the molecule is O=C(Cc1ccccc1I)NOC(=O)C1=C(Sc2ccccc2Br)CS[C@H]2CC(=O)N12. The highest BCUT2D eigenvalue weighted by Gasteiger charge is 2.46. The molecule has 1 saturated heterocycles. The number of carbonyl (C=O) groups is 3. The van der Waals surface area contributed by atoms with E-state index in [1.165, 1.54) is 16.7 Å². The number of halogens is 2. The van der Waals surface area contributed by atoms with Gasteiger partial charge in [0.05, 0.1) is 18.2 Å². The summed E-state index contributed by atoms with van der Waals surface area (Å²) in [6.45, 7) is 0. The average Bonchev–Trinajstić information content (AvgIpc) is 2.75. The van der Waals surface area contributed by atoms with Crippen molar-refractivity contribution < 1.29 is 19.2 Å². The van der Waals surface area contributed by atoms with Gasteiger partial charge in [-0.2, -0.15) is 5.48 Å². The number of fused-ring (bicyclic) bond motifs is 1. The highest BCUT2D eigenvalue weighted by molar-refractivity contribution is 14.1. The van der Waals surface area contributed by atoms with Gasteiger partial charge in [-0.05, 0) is 62.3 Å². The molecule has 4 rings (SSSR count). The van der Waals surface area contributed by atoms with Crippen LogP contribution in [0.2, 0.25) is 0 Å². The lowest BCUT2D eigenvalue weighted by molar-refractivity contribution is -0.158. The van der Waals surface area contributed by atoms with Crippen LogP contribution in [0.4, 0.5) is 0 Å². The Kier molecular flexibility index (Phi) is 7.29. The van der Waals surface area contributed by atoms with Gasteiger partial charge in [0, 0.05) is 23.6 Å². The van der Waals surface area contributed by atoms with Gasteiger partial charge in [-0.15, -0.1) is 11.8 Å².